The monoisotopic (exact) mass is 400 g/mol. The summed E-state index contributed by atoms with van der Waals surface area (Å²) in [6, 6.07) is 5.63. The SMILES string of the molecule is Clc1ccc(-c2nnc(I)s2)c(Br)c1. The Morgan fingerprint density at radius 3 is 2.71 bits per heavy atom. The molecule has 0 bridgehead atoms. The average Bonchev–Trinajstić information content (AvgIpc) is 2.51. The summed E-state index contributed by atoms with van der Waals surface area (Å²) in [5, 5.41) is 9.63. The van der Waals surface area contributed by atoms with E-state index in [1.165, 1.54) is 0 Å². The third-order valence-electron chi connectivity index (χ3n) is 1.56. The maximum atomic E-state index is 5.85. The van der Waals surface area contributed by atoms with Crippen LogP contribution in [0.2, 0.25) is 5.02 Å². The lowest BCUT2D eigenvalue weighted by Gasteiger charge is -1.99. The molecular formula is C8H3BrClIN2S. The zero-order chi connectivity index (χ0) is 10.1. The fourth-order valence-electron chi connectivity index (χ4n) is 0.977. The zero-order valence-electron chi connectivity index (χ0n) is 6.67. The van der Waals surface area contributed by atoms with E-state index in [0.29, 0.717) is 5.02 Å². The van der Waals surface area contributed by atoms with Gasteiger partial charge in [0.15, 0.2) is 3.01 Å². The van der Waals surface area contributed by atoms with Gasteiger partial charge in [-0.3, -0.25) is 0 Å². The number of benzene rings is 1. The first kappa shape index (κ1) is 10.8. The summed E-state index contributed by atoms with van der Waals surface area (Å²) < 4.78 is 1.87. The van der Waals surface area contributed by atoms with Gasteiger partial charge in [-0.25, -0.2) is 0 Å². The van der Waals surface area contributed by atoms with Crippen LogP contribution in [0.3, 0.4) is 0 Å². The molecule has 0 unspecified atom stereocenters. The lowest BCUT2D eigenvalue weighted by atomic mass is 10.2. The Kier molecular flexibility index (Phi) is 3.41. The summed E-state index contributed by atoms with van der Waals surface area (Å²) in [6.45, 7) is 0. The Morgan fingerprint density at radius 1 is 1.36 bits per heavy atom. The molecule has 1 aromatic heterocycles. The van der Waals surface area contributed by atoms with Crippen LogP contribution in [-0.4, -0.2) is 10.2 Å². The van der Waals surface area contributed by atoms with Crippen molar-refractivity contribution in [1.82, 2.24) is 10.2 Å². The predicted octanol–water partition coefficient (Wildman–Crippen LogP) is 4.23. The molecule has 0 amide bonds. The van der Waals surface area contributed by atoms with E-state index in [4.69, 9.17) is 11.6 Å². The Morgan fingerprint density at radius 2 is 2.14 bits per heavy atom. The molecule has 0 atom stereocenters. The first-order valence-corrected chi connectivity index (χ1v) is 6.68. The number of hydrogen-bond acceptors (Lipinski definition) is 3. The van der Waals surface area contributed by atoms with Crippen LogP contribution in [0.5, 0.6) is 0 Å². The Balaban J connectivity index is 2.52. The van der Waals surface area contributed by atoms with E-state index >= 15 is 0 Å². The standard InChI is InChI=1S/C8H3BrClIN2S/c9-6-3-4(10)1-2-5(6)7-12-13-8(11)14-7/h1-3H. The minimum atomic E-state index is 0.708. The largest absolute Gasteiger partial charge is 0.178 e. The van der Waals surface area contributed by atoms with Gasteiger partial charge in [0.1, 0.15) is 5.01 Å². The van der Waals surface area contributed by atoms with Gasteiger partial charge >= 0.3 is 0 Å². The molecule has 1 aromatic carbocycles. The van der Waals surface area contributed by atoms with Gasteiger partial charge in [-0.1, -0.05) is 38.9 Å². The van der Waals surface area contributed by atoms with E-state index < -0.39 is 0 Å². The molecule has 0 aliphatic rings. The number of hydrogen-bond donors (Lipinski definition) is 0. The van der Waals surface area contributed by atoms with Gasteiger partial charge in [-0.2, -0.15) is 0 Å². The van der Waals surface area contributed by atoms with Gasteiger partial charge in [-0.15, -0.1) is 10.2 Å². The van der Waals surface area contributed by atoms with Gasteiger partial charge in [0.2, 0.25) is 0 Å². The number of halogens is 3. The molecule has 0 aliphatic heterocycles. The predicted molar refractivity (Wildman–Crippen MR) is 70.8 cm³/mol. The Bertz CT molecular complexity index is 474. The van der Waals surface area contributed by atoms with Crippen molar-refractivity contribution in [3.63, 3.8) is 0 Å². The van der Waals surface area contributed by atoms with Crippen molar-refractivity contribution < 1.29 is 0 Å². The Labute approximate surface area is 112 Å². The van der Waals surface area contributed by atoms with Crippen LogP contribution in [0.25, 0.3) is 10.6 Å². The van der Waals surface area contributed by atoms with Crippen LogP contribution in [0, 0.1) is 3.01 Å². The van der Waals surface area contributed by atoms with E-state index in [1.54, 1.807) is 11.3 Å². The van der Waals surface area contributed by atoms with Gasteiger partial charge in [-0.05, 0) is 40.8 Å². The van der Waals surface area contributed by atoms with E-state index in [1.807, 2.05) is 18.2 Å². The van der Waals surface area contributed by atoms with Crippen molar-refractivity contribution in [1.29, 1.82) is 0 Å². The first-order chi connectivity index (χ1) is 6.66. The molecule has 2 aromatic rings. The van der Waals surface area contributed by atoms with Gasteiger partial charge in [0, 0.05) is 15.1 Å². The lowest BCUT2D eigenvalue weighted by Crippen LogP contribution is -1.78. The summed E-state index contributed by atoms with van der Waals surface area (Å²) in [6.07, 6.45) is 0. The maximum absolute atomic E-state index is 5.85. The van der Waals surface area contributed by atoms with Crippen molar-refractivity contribution in [2.45, 2.75) is 0 Å². The molecule has 2 rings (SSSR count). The van der Waals surface area contributed by atoms with Crippen LogP contribution >= 0.6 is 61.5 Å². The molecule has 6 heteroatoms. The molecule has 0 radical (unpaired) electrons. The highest BCUT2D eigenvalue weighted by molar-refractivity contribution is 14.1. The molecule has 0 fully saturated rings. The van der Waals surface area contributed by atoms with Crippen molar-refractivity contribution in [3.8, 4) is 10.6 Å². The fraction of sp³-hybridized carbons (Fsp3) is 0. The number of aromatic nitrogens is 2. The maximum Gasteiger partial charge on any atom is 0.178 e. The van der Waals surface area contributed by atoms with Crippen LogP contribution in [0.1, 0.15) is 0 Å². The highest BCUT2D eigenvalue weighted by atomic mass is 127. The highest BCUT2D eigenvalue weighted by Crippen LogP contribution is 2.32. The number of rotatable bonds is 1. The van der Waals surface area contributed by atoms with E-state index in [9.17, 15) is 0 Å². The molecule has 72 valence electrons. The lowest BCUT2D eigenvalue weighted by molar-refractivity contribution is 1.07. The van der Waals surface area contributed by atoms with Gasteiger partial charge in [0.05, 0.1) is 0 Å². The normalized spacial score (nSPS) is 10.5. The van der Waals surface area contributed by atoms with Crippen molar-refractivity contribution in [3.05, 3.63) is 30.7 Å². The van der Waals surface area contributed by atoms with E-state index in [0.717, 1.165) is 18.1 Å². The minimum absolute atomic E-state index is 0.708. The molecule has 0 saturated carbocycles. The van der Waals surface area contributed by atoms with Crippen LogP contribution < -0.4 is 0 Å². The first-order valence-electron chi connectivity index (χ1n) is 3.61. The van der Waals surface area contributed by atoms with Crippen LogP contribution in [0.15, 0.2) is 22.7 Å². The smallest absolute Gasteiger partial charge is 0.137 e. The van der Waals surface area contributed by atoms with Crippen LogP contribution in [0.4, 0.5) is 0 Å². The fourth-order valence-corrected chi connectivity index (χ4v) is 3.32. The second-order valence-electron chi connectivity index (χ2n) is 2.48. The quantitative estimate of drug-likeness (QED) is 0.669. The highest BCUT2D eigenvalue weighted by Gasteiger charge is 2.08. The summed E-state index contributed by atoms with van der Waals surface area (Å²) in [5.41, 5.74) is 1.02. The van der Waals surface area contributed by atoms with Gasteiger partial charge < -0.3 is 0 Å². The summed E-state index contributed by atoms with van der Waals surface area (Å²) in [5.74, 6) is 0. The van der Waals surface area contributed by atoms with Crippen molar-refractivity contribution in [2.75, 3.05) is 0 Å². The van der Waals surface area contributed by atoms with Crippen LogP contribution in [-0.2, 0) is 0 Å². The third-order valence-corrected chi connectivity index (χ3v) is 4.07. The Hall–Kier alpha value is 0.280. The third kappa shape index (κ3) is 2.26. The molecule has 14 heavy (non-hydrogen) atoms. The van der Waals surface area contributed by atoms with E-state index in [-0.39, 0.29) is 0 Å². The topological polar surface area (TPSA) is 25.8 Å². The molecule has 0 saturated heterocycles. The second kappa shape index (κ2) is 4.42. The molecule has 0 N–H and O–H groups in total. The van der Waals surface area contributed by atoms with Gasteiger partial charge in [0.25, 0.3) is 0 Å². The average molecular weight is 401 g/mol. The zero-order valence-corrected chi connectivity index (χ0v) is 12.0. The molecule has 0 aliphatic carbocycles. The second-order valence-corrected chi connectivity index (χ2v) is 6.51. The molecule has 0 spiro atoms. The number of nitrogens with zero attached hydrogens (tertiary/aromatic N) is 2. The minimum Gasteiger partial charge on any atom is -0.137 e. The van der Waals surface area contributed by atoms with E-state index in [2.05, 4.69) is 48.7 Å². The van der Waals surface area contributed by atoms with Crippen molar-refractivity contribution >= 4 is 61.5 Å². The summed E-state index contributed by atoms with van der Waals surface area (Å²) in [4.78, 5) is 0. The molecule has 2 nitrogen and oxygen atoms in total. The summed E-state index contributed by atoms with van der Waals surface area (Å²) in [7, 11) is 0. The molecular weight excluding hydrogens is 398 g/mol. The summed E-state index contributed by atoms with van der Waals surface area (Å²) >= 11 is 13.0. The molecule has 1 heterocycles. The van der Waals surface area contributed by atoms with Crippen molar-refractivity contribution in [2.24, 2.45) is 0 Å².